The van der Waals surface area contributed by atoms with Crippen molar-refractivity contribution in [1.82, 2.24) is 24.7 Å². The molecule has 7 nitrogen and oxygen atoms in total. The monoisotopic (exact) mass is 502 g/mol. The summed E-state index contributed by atoms with van der Waals surface area (Å²) in [4.78, 5) is 13.7. The number of pyridine rings is 2. The molecule has 8 heteroatoms. The molecule has 1 saturated carbocycles. The molecule has 1 aliphatic rings. The van der Waals surface area contributed by atoms with E-state index in [1.807, 2.05) is 70.0 Å². The molecular formula is C30H25FN7+. The van der Waals surface area contributed by atoms with Crippen LogP contribution in [0.25, 0.3) is 45.0 Å². The summed E-state index contributed by atoms with van der Waals surface area (Å²) in [6, 6.07) is 24.0. The number of aromatic nitrogens is 6. The van der Waals surface area contributed by atoms with E-state index in [1.165, 1.54) is 0 Å². The van der Waals surface area contributed by atoms with Crippen LogP contribution in [0.2, 0.25) is 0 Å². The molecule has 0 amide bonds. The molecule has 0 radical (unpaired) electrons. The number of nitrogens with zero attached hydrogens (tertiary/aromatic N) is 6. The minimum atomic E-state index is -1.21. The smallest absolute Gasteiger partial charge is 0.321 e. The summed E-state index contributed by atoms with van der Waals surface area (Å²) in [7, 11) is 0. The number of fused-ring (bicyclic) bond motifs is 3. The topological polar surface area (TPSA) is 86.6 Å². The number of nitrogens with two attached hydrogens (primary N) is 1. The van der Waals surface area contributed by atoms with Crippen LogP contribution in [0.1, 0.15) is 25.3 Å². The van der Waals surface area contributed by atoms with E-state index < -0.39 is 11.2 Å². The largest absolute Gasteiger partial charge is 0.351 e. The number of halogens is 1. The molecule has 0 aliphatic heterocycles. The minimum absolute atomic E-state index is 0.313. The van der Waals surface area contributed by atoms with Crippen LogP contribution in [-0.2, 0) is 5.54 Å². The Balaban J connectivity index is 1.44. The summed E-state index contributed by atoms with van der Waals surface area (Å²) < 4.78 is 18.1. The molecule has 186 valence electrons. The van der Waals surface area contributed by atoms with Crippen molar-refractivity contribution in [1.29, 1.82) is 0 Å². The molecular weight excluding hydrogens is 477 g/mol. The van der Waals surface area contributed by atoms with Crippen molar-refractivity contribution < 1.29 is 8.79 Å². The standard InChI is InChI=1S/C30H25FN7/c1-29(31)18-30(32,19-29)22-8-10-23(11-9-22)38-28-24-16-21(20-6-3-2-4-7-20)17-35-25(24)12-15-37(28)27(36-38)26-33-13-5-14-34-26/h2-17H,18-19,32H2,1H3/q+1. The summed E-state index contributed by atoms with van der Waals surface area (Å²) in [6.07, 6.45) is 7.87. The Morgan fingerprint density at radius 2 is 1.63 bits per heavy atom. The average molecular weight is 503 g/mol. The zero-order valence-corrected chi connectivity index (χ0v) is 20.8. The normalized spacial score (nSPS) is 21.0. The first-order chi connectivity index (χ1) is 18.4. The summed E-state index contributed by atoms with van der Waals surface area (Å²) in [5, 5.41) is 5.91. The fourth-order valence-corrected chi connectivity index (χ4v) is 5.65. The van der Waals surface area contributed by atoms with E-state index >= 15 is 0 Å². The van der Waals surface area contributed by atoms with Crippen molar-refractivity contribution in [2.24, 2.45) is 5.73 Å². The lowest BCUT2D eigenvalue weighted by atomic mass is 9.64. The fourth-order valence-electron chi connectivity index (χ4n) is 5.65. The second kappa shape index (κ2) is 8.22. The zero-order valence-electron chi connectivity index (χ0n) is 20.8. The third-order valence-electron chi connectivity index (χ3n) is 7.32. The average Bonchev–Trinajstić information content (AvgIpc) is 3.33. The first-order valence-electron chi connectivity index (χ1n) is 12.6. The summed E-state index contributed by atoms with van der Waals surface area (Å²) in [5.74, 6) is 1.13. The van der Waals surface area contributed by atoms with Crippen LogP contribution in [-0.4, -0.2) is 30.4 Å². The lowest BCUT2D eigenvalue weighted by Gasteiger charge is -2.48. The van der Waals surface area contributed by atoms with E-state index in [0.29, 0.717) is 24.5 Å². The highest BCUT2D eigenvalue weighted by atomic mass is 19.1. The Bertz CT molecular complexity index is 1790. The van der Waals surface area contributed by atoms with Gasteiger partial charge in [-0.1, -0.05) is 47.1 Å². The quantitative estimate of drug-likeness (QED) is 0.345. The Morgan fingerprint density at radius 1 is 0.895 bits per heavy atom. The van der Waals surface area contributed by atoms with Gasteiger partial charge in [0.2, 0.25) is 5.82 Å². The molecule has 0 spiro atoms. The van der Waals surface area contributed by atoms with Gasteiger partial charge < -0.3 is 5.73 Å². The van der Waals surface area contributed by atoms with Gasteiger partial charge in [0.25, 0.3) is 5.65 Å². The molecule has 38 heavy (non-hydrogen) atoms. The first-order valence-corrected chi connectivity index (χ1v) is 12.6. The van der Waals surface area contributed by atoms with Crippen LogP contribution >= 0.6 is 0 Å². The molecule has 7 rings (SSSR count). The number of alkyl halides is 1. The Labute approximate surface area is 218 Å². The SMILES string of the molecule is CC1(F)CC(N)(c2ccc(-n3nc(-c4ncccn4)[n+]4ccc5ncc(-c6ccccc6)cc5c34)cc2)C1. The molecule has 0 atom stereocenters. The molecule has 2 aromatic carbocycles. The van der Waals surface area contributed by atoms with Gasteiger partial charge in [-0.3, -0.25) is 4.98 Å². The van der Waals surface area contributed by atoms with Gasteiger partial charge >= 0.3 is 5.82 Å². The third-order valence-corrected chi connectivity index (χ3v) is 7.32. The molecule has 0 saturated heterocycles. The summed E-state index contributed by atoms with van der Waals surface area (Å²) in [6.45, 7) is 1.61. The maximum Gasteiger partial charge on any atom is 0.351 e. The molecule has 4 aromatic heterocycles. The van der Waals surface area contributed by atoms with E-state index in [-0.39, 0.29) is 0 Å². The van der Waals surface area contributed by atoms with Crippen LogP contribution < -0.4 is 10.1 Å². The van der Waals surface area contributed by atoms with Gasteiger partial charge in [-0.05, 0) is 48.4 Å². The molecule has 2 N–H and O–H groups in total. The second-order valence-corrected chi connectivity index (χ2v) is 10.3. The van der Waals surface area contributed by atoms with Crippen molar-refractivity contribution in [3.05, 3.63) is 103 Å². The van der Waals surface area contributed by atoms with E-state index in [1.54, 1.807) is 25.4 Å². The maximum atomic E-state index is 14.3. The van der Waals surface area contributed by atoms with Gasteiger partial charge in [0, 0.05) is 42.5 Å². The highest BCUT2D eigenvalue weighted by Gasteiger charge is 2.51. The fraction of sp³-hybridized carbons (Fsp3) is 0.167. The van der Waals surface area contributed by atoms with Gasteiger partial charge in [0.15, 0.2) is 0 Å². The Morgan fingerprint density at radius 3 is 2.34 bits per heavy atom. The Hall–Kier alpha value is -4.56. The second-order valence-electron chi connectivity index (χ2n) is 10.3. The summed E-state index contributed by atoms with van der Waals surface area (Å²) >= 11 is 0. The third kappa shape index (κ3) is 3.64. The van der Waals surface area contributed by atoms with Crippen molar-refractivity contribution in [3.8, 4) is 28.5 Å². The molecule has 1 aliphatic carbocycles. The highest BCUT2D eigenvalue weighted by molar-refractivity contribution is 5.93. The molecule has 0 bridgehead atoms. The maximum absolute atomic E-state index is 14.3. The van der Waals surface area contributed by atoms with Crippen LogP contribution in [0.4, 0.5) is 4.39 Å². The van der Waals surface area contributed by atoms with Crippen molar-refractivity contribution in [2.45, 2.75) is 31.0 Å². The van der Waals surface area contributed by atoms with Crippen LogP contribution in [0.15, 0.2) is 97.6 Å². The van der Waals surface area contributed by atoms with Gasteiger partial charge in [-0.2, -0.15) is 4.40 Å². The van der Waals surface area contributed by atoms with Gasteiger partial charge in [-0.25, -0.2) is 14.4 Å². The van der Waals surface area contributed by atoms with Crippen molar-refractivity contribution >= 4 is 16.6 Å². The van der Waals surface area contributed by atoms with Crippen LogP contribution in [0, 0.1) is 0 Å². The number of benzene rings is 2. The lowest BCUT2D eigenvalue weighted by molar-refractivity contribution is -0.499. The van der Waals surface area contributed by atoms with Crippen molar-refractivity contribution in [3.63, 3.8) is 0 Å². The van der Waals surface area contributed by atoms with Gasteiger partial charge in [0.1, 0.15) is 11.4 Å². The molecule has 4 heterocycles. The van der Waals surface area contributed by atoms with Crippen LogP contribution in [0.5, 0.6) is 0 Å². The zero-order chi connectivity index (χ0) is 25.9. The molecule has 0 unspecified atom stereocenters. The number of rotatable bonds is 4. The highest BCUT2D eigenvalue weighted by Crippen LogP contribution is 2.48. The Kier molecular flexibility index (Phi) is 4.90. The van der Waals surface area contributed by atoms with E-state index in [4.69, 9.17) is 15.8 Å². The van der Waals surface area contributed by atoms with Crippen LogP contribution in [0.3, 0.4) is 0 Å². The van der Waals surface area contributed by atoms with Crippen molar-refractivity contribution in [2.75, 3.05) is 0 Å². The summed E-state index contributed by atoms with van der Waals surface area (Å²) in [5.41, 5.74) is 10.2. The molecule has 6 aromatic rings. The lowest BCUT2D eigenvalue weighted by Crippen LogP contribution is -2.56. The van der Waals surface area contributed by atoms with Gasteiger partial charge in [-0.15, -0.1) is 0 Å². The van der Waals surface area contributed by atoms with E-state index in [9.17, 15) is 4.39 Å². The number of hydrogen-bond donors (Lipinski definition) is 1. The number of hydrogen-bond acceptors (Lipinski definition) is 5. The molecule has 1 fully saturated rings. The minimum Gasteiger partial charge on any atom is -0.321 e. The predicted octanol–water partition coefficient (Wildman–Crippen LogP) is 4.96. The predicted molar refractivity (Wildman–Crippen MR) is 143 cm³/mol. The van der Waals surface area contributed by atoms with E-state index in [2.05, 4.69) is 28.2 Å². The first kappa shape index (κ1) is 22.6. The van der Waals surface area contributed by atoms with E-state index in [0.717, 1.165) is 38.9 Å². The van der Waals surface area contributed by atoms with Gasteiger partial charge in [0.05, 0.1) is 22.2 Å².